The van der Waals surface area contributed by atoms with Crippen LogP contribution in [0.25, 0.3) is 0 Å². The predicted molar refractivity (Wildman–Crippen MR) is 132 cm³/mol. The number of amides is 1. The second-order valence-corrected chi connectivity index (χ2v) is 13.0. The molecule has 3 heterocycles. The smallest absolute Gasteiger partial charge is 0.240 e. The van der Waals surface area contributed by atoms with Gasteiger partial charge in [-0.05, 0) is 50.8 Å². The summed E-state index contributed by atoms with van der Waals surface area (Å²) in [5, 5.41) is 23.2. The lowest BCUT2D eigenvalue weighted by atomic mass is 9.79. The van der Waals surface area contributed by atoms with Crippen LogP contribution in [0.15, 0.2) is 0 Å². The number of fused-ring (bicyclic) bond motifs is 1. The summed E-state index contributed by atoms with van der Waals surface area (Å²) in [6.45, 7) is 10.2. The monoisotopic (exact) mass is 506 g/mol. The number of carbonyl (C=O) groups excluding carboxylic acids is 1. The highest BCUT2D eigenvalue weighted by Crippen LogP contribution is 2.39. The fourth-order valence-electron chi connectivity index (χ4n) is 5.90. The maximum Gasteiger partial charge on any atom is 0.240 e. The Morgan fingerprint density at radius 1 is 1.30 bits per heavy atom. The van der Waals surface area contributed by atoms with Gasteiger partial charge < -0.3 is 25.0 Å². The molecule has 192 valence electrons. The molecule has 9 heteroatoms. The van der Waals surface area contributed by atoms with Gasteiger partial charge in [-0.25, -0.2) is 0 Å². The van der Waals surface area contributed by atoms with Crippen LogP contribution in [0.5, 0.6) is 0 Å². The Hall–Kier alpha value is -0.0900. The summed E-state index contributed by atoms with van der Waals surface area (Å²) in [5.74, 6) is 0.829. The third-order valence-electron chi connectivity index (χ3n) is 7.31. The van der Waals surface area contributed by atoms with E-state index in [4.69, 9.17) is 21.1 Å². The van der Waals surface area contributed by atoms with Gasteiger partial charge in [-0.15, -0.1) is 23.4 Å². The second-order valence-electron chi connectivity index (χ2n) is 11.4. The molecule has 3 aliphatic heterocycles. The number of rotatable bonds is 6. The minimum Gasteiger partial charge on any atom is -0.390 e. The van der Waals surface area contributed by atoms with Crippen molar-refractivity contribution < 1.29 is 24.5 Å². The van der Waals surface area contributed by atoms with E-state index < -0.39 is 35.2 Å². The zero-order valence-corrected chi connectivity index (χ0v) is 22.4. The molecule has 0 bridgehead atoms. The highest BCUT2D eigenvalue weighted by Gasteiger charge is 2.48. The van der Waals surface area contributed by atoms with Gasteiger partial charge in [0.1, 0.15) is 17.6 Å². The molecule has 3 rings (SSSR count). The van der Waals surface area contributed by atoms with Gasteiger partial charge >= 0.3 is 0 Å². The standard InChI is InChI=1S/C24H43ClN2O5S/c1-13(25)18(17-10-16(28)20(29)23(32-17)33-6)26-22(30)19-21-15(12-27(19)5)9-14(7-8-31-21)11-24(2,3)4/h13-21,23,28-29H,7-12H2,1-6H3,(H,26,30)/t13-,14-,15-,16?,17-,18+,19-,20+,21+,23?/m0/s1. The fraction of sp³-hybridized carbons (Fsp3) is 0.958. The van der Waals surface area contributed by atoms with Gasteiger partial charge in [-0.1, -0.05) is 20.8 Å². The number of carbonyl (C=O) groups is 1. The lowest BCUT2D eigenvalue weighted by Gasteiger charge is -2.41. The van der Waals surface area contributed by atoms with Crippen LogP contribution in [-0.2, 0) is 14.3 Å². The molecule has 3 fully saturated rings. The molecule has 10 atom stereocenters. The molecule has 7 nitrogen and oxygen atoms in total. The number of nitrogens with one attached hydrogen (secondary N) is 1. The number of hydrogen-bond acceptors (Lipinski definition) is 7. The first-order chi connectivity index (χ1) is 15.4. The molecule has 33 heavy (non-hydrogen) atoms. The van der Waals surface area contributed by atoms with Crippen LogP contribution in [0, 0.1) is 17.3 Å². The Morgan fingerprint density at radius 3 is 2.61 bits per heavy atom. The van der Waals surface area contributed by atoms with Crippen molar-refractivity contribution in [1.29, 1.82) is 0 Å². The second kappa shape index (κ2) is 11.3. The van der Waals surface area contributed by atoms with E-state index in [1.54, 1.807) is 0 Å². The van der Waals surface area contributed by atoms with E-state index in [9.17, 15) is 15.0 Å². The highest BCUT2D eigenvalue weighted by molar-refractivity contribution is 7.99. The summed E-state index contributed by atoms with van der Waals surface area (Å²) in [6.07, 6.45) is 2.83. The largest absolute Gasteiger partial charge is 0.390 e. The number of likely N-dealkylation sites (tertiary alicyclic amines) is 1. The Balaban J connectivity index is 1.69. The summed E-state index contributed by atoms with van der Waals surface area (Å²) >= 11 is 7.83. The SMILES string of the molecule is CSC1O[C@H]([C@H](NC(=O)[C@@H]2[C@@H]3OCC[C@H](CC(C)(C)C)C[C@H]3CN2C)[C@H](C)Cl)CC(O)[C@H]1O. The van der Waals surface area contributed by atoms with Crippen LogP contribution in [0.3, 0.4) is 0 Å². The van der Waals surface area contributed by atoms with E-state index in [1.165, 1.54) is 11.8 Å². The first-order valence-electron chi connectivity index (χ1n) is 12.2. The maximum atomic E-state index is 13.5. The van der Waals surface area contributed by atoms with E-state index in [2.05, 4.69) is 31.0 Å². The van der Waals surface area contributed by atoms with Crippen LogP contribution >= 0.6 is 23.4 Å². The Kier molecular flexibility index (Phi) is 9.43. The van der Waals surface area contributed by atoms with Crippen molar-refractivity contribution in [3.8, 4) is 0 Å². The molecule has 3 saturated heterocycles. The van der Waals surface area contributed by atoms with Crippen molar-refractivity contribution in [3.05, 3.63) is 0 Å². The van der Waals surface area contributed by atoms with Crippen LogP contribution in [0.1, 0.15) is 53.4 Å². The van der Waals surface area contributed by atoms with E-state index in [1.807, 2.05) is 20.2 Å². The van der Waals surface area contributed by atoms with Gasteiger partial charge in [0, 0.05) is 25.5 Å². The molecular formula is C24H43ClN2O5S. The first kappa shape index (κ1) is 27.5. The molecule has 0 radical (unpaired) electrons. The van der Waals surface area contributed by atoms with Crippen molar-refractivity contribution in [2.24, 2.45) is 17.3 Å². The number of hydrogen-bond donors (Lipinski definition) is 3. The molecular weight excluding hydrogens is 464 g/mol. The summed E-state index contributed by atoms with van der Waals surface area (Å²) in [5.41, 5.74) is -0.278. The molecule has 3 N–H and O–H groups in total. The van der Waals surface area contributed by atoms with Gasteiger partial charge in [-0.3, -0.25) is 9.69 Å². The molecule has 1 amide bonds. The first-order valence-corrected chi connectivity index (χ1v) is 13.9. The van der Waals surface area contributed by atoms with E-state index in [0.29, 0.717) is 18.4 Å². The normalized spacial score (nSPS) is 40.0. The molecule has 3 aliphatic rings. The fourth-order valence-corrected chi connectivity index (χ4v) is 6.84. The molecule has 0 saturated carbocycles. The topological polar surface area (TPSA) is 91.3 Å². The third kappa shape index (κ3) is 6.78. The molecule has 0 aliphatic carbocycles. The van der Waals surface area contributed by atoms with Crippen molar-refractivity contribution in [1.82, 2.24) is 10.2 Å². The minimum absolute atomic E-state index is 0.110. The van der Waals surface area contributed by atoms with Gasteiger partial charge in [0.15, 0.2) is 0 Å². The summed E-state index contributed by atoms with van der Waals surface area (Å²) in [4.78, 5) is 15.6. The number of halogens is 1. The zero-order valence-electron chi connectivity index (χ0n) is 20.9. The number of aliphatic hydroxyl groups excluding tert-OH is 2. The Labute approximate surface area is 208 Å². The number of alkyl halides is 1. The number of nitrogens with zero attached hydrogens (tertiary/aromatic N) is 1. The van der Waals surface area contributed by atoms with Crippen LogP contribution < -0.4 is 5.32 Å². The average molecular weight is 507 g/mol. The Morgan fingerprint density at radius 2 is 2.00 bits per heavy atom. The lowest BCUT2D eigenvalue weighted by Crippen LogP contribution is -2.59. The minimum atomic E-state index is -0.958. The van der Waals surface area contributed by atoms with E-state index >= 15 is 0 Å². The zero-order chi connectivity index (χ0) is 24.5. The predicted octanol–water partition coefficient (Wildman–Crippen LogP) is 2.46. The number of ether oxygens (including phenoxy) is 2. The van der Waals surface area contributed by atoms with Gasteiger partial charge in [0.25, 0.3) is 0 Å². The van der Waals surface area contributed by atoms with E-state index in [0.717, 1.165) is 25.8 Å². The van der Waals surface area contributed by atoms with Gasteiger partial charge in [0.2, 0.25) is 5.91 Å². The van der Waals surface area contributed by atoms with Crippen molar-refractivity contribution in [2.75, 3.05) is 26.5 Å². The van der Waals surface area contributed by atoms with Crippen molar-refractivity contribution in [3.63, 3.8) is 0 Å². The number of thioether (sulfide) groups is 1. The van der Waals surface area contributed by atoms with Gasteiger partial charge in [-0.2, -0.15) is 0 Å². The van der Waals surface area contributed by atoms with Crippen molar-refractivity contribution in [2.45, 2.75) is 101 Å². The lowest BCUT2D eigenvalue weighted by molar-refractivity contribution is -0.149. The van der Waals surface area contributed by atoms with Crippen molar-refractivity contribution >= 4 is 29.3 Å². The van der Waals surface area contributed by atoms with Crippen LogP contribution in [-0.4, -0.2) is 94.8 Å². The Bertz CT molecular complexity index is 663. The molecule has 2 unspecified atom stereocenters. The molecule has 0 aromatic heterocycles. The number of aliphatic hydroxyl groups is 2. The van der Waals surface area contributed by atoms with E-state index in [-0.39, 0.29) is 29.9 Å². The average Bonchev–Trinajstić information content (AvgIpc) is 2.88. The van der Waals surface area contributed by atoms with Crippen LogP contribution in [0.4, 0.5) is 0 Å². The summed E-state index contributed by atoms with van der Waals surface area (Å²) < 4.78 is 12.3. The molecule has 0 aromatic carbocycles. The molecule has 0 spiro atoms. The van der Waals surface area contributed by atoms with Crippen LogP contribution in [0.2, 0.25) is 0 Å². The van der Waals surface area contributed by atoms with Gasteiger partial charge in [0.05, 0.1) is 29.7 Å². The molecule has 0 aromatic rings. The third-order valence-corrected chi connectivity index (χ3v) is 8.43. The summed E-state index contributed by atoms with van der Waals surface area (Å²) in [7, 11) is 1.99. The quantitative estimate of drug-likeness (QED) is 0.476. The maximum absolute atomic E-state index is 13.5. The highest BCUT2D eigenvalue weighted by atomic mass is 35.5. The number of likely N-dealkylation sites (N-methyl/N-ethyl adjacent to an activating group) is 1. The summed E-state index contributed by atoms with van der Waals surface area (Å²) in [6, 6.07) is -0.861.